The zero-order valence-corrected chi connectivity index (χ0v) is 18.3. The third-order valence-corrected chi connectivity index (χ3v) is 5.31. The molecule has 0 bridgehead atoms. The lowest BCUT2D eigenvalue weighted by Crippen LogP contribution is -2.44. The highest BCUT2D eigenvalue weighted by Gasteiger charge is 2.31. The average Bonchev–Trinajstić information content (AvgIpc) is 3.24. The van der Waals surface area contributed by atoms with Gasteiger partial charge in [-0.25, -0.2) is 4.99 Å². The number of amides is 1. The minimum atomic E-state index is 0.0159. The van der Waals surface area contributed by atoms with Crippen LogP contribution in [0.5, 0.6) is 0 Å². The standard InChI is InChI=1S/C22H32N6O2/c1-5-23-22(24-14-20-16(2)26-28(17(20)3)11-12-30-4)25-18-13-21(29)27(15-18)19-9-7-6-8-10-19/h6-10,18H,5,11-15H2,1-4H3,(H2,23,24,25). The van der Waals surface area contributed by atoms with Crippen LogP contribution in [-0.2, 0) is 22.6 Å². The van der Waals surface area contributed by atoms with Gasteiger partial charge in [-0.2, -0.15) is 5.10 Å². The average molecular weight is 413 g/mol. The Balaban J connectivity index is 1.67. The van der Waals surface area contributed by atoms with Crippen LogP contribution in [0.15, 0.2) is 35.3 Å². The van der Waals surface area contributed by atoms with E-state index in [-0.39, 0.29) is 11.9 Å². The summed E-state index contributed by atoms with van der Waals surface area (Å²) in [5, 5.41) is 11.3. The van der Waals surface area contributed by atoms with E-state index in [0.717, 1.165) is 35.7 Å². The molecule has 8 heteroatoms. The molecule has 1 fully saturated rings. The summed E-state index contributed by atoms with van der Waals surface area (Å²) in [5.74, 6) is 0.842. The molecule has 0 aliphatic carbocycles. The molecule has 1 aromatic heterocycles. The second kappa shape index (κ2) is 10.2. The molecule has 1 unspecified atom stereocenters. The first kappa shape index (κ1) is 21.8. The third-order valence-electron chi connectivity index (χ3n) is 5.31. The van der Waals surface area contributed by atoms with E-state index in [1.165, 1.54) is 0 Å². The summed E-state index contributed by atoms with van der Waals surface area (Å²) in [6, 6.07) is 9.80. The molecule has 1 amide bonds. The summed E-state index contributed by atoms with van der Waals surface area (Å²) in [7, 11) is 1.69. The normalized spacial score (nSPS) is 16.9. The number of guanidine groups is 1. The minimum absolute atomic E-state index is 0.0159. The summed E-state index contributed by atoms with van der Waals surface area (Å²) < 4.78 is 7.13. The Morgan fingerprint density at radius 1 is 1.30 bits per heavy atom. The lowest BCUT2D eigenvalue weighted by atomic mass is 10.2. The van der Waals surface area contributed by atoms with Gasteiger partial charge in [-0.3, -0.25) is 9.48 Å². The largest absolute Gasteiger partial charge is 0.383 e. The van der Waals surface area contributed by atoms with Crippen LogP contribution in [-0.4, -0.2) is 54.5 Å². The number of carbonyl (C=O) groups is 1. The maximum Gasteiger partial charge on any atom is 0.229 e. The fourth-order valence-corrected chi connectivity index (χ4v) is 3.69. The molecule has 3 rings (SSSR count). The molecule has 2 aromatic rings. The number of aromatic nitrogens is 2. The Labute approximate surface area is 178 Å². The number of hydrogen-bond donors (Lipinski definition) is 2. The van der Waals surface area contributed by atoms with E-state index in [2.05, 4.69) is 22.7 Å². The topological polar surface area (TPSA) is 83.8 Å². The summed E-state index contributed by atoms with van der Waals surface area (Å²) >= 11 is 0. The molecular formula is C22H32N6O2. The van der Waals surface area contributed by atoms with Gasteiger partial charge in [0, 0.05) is 43.6 Å². The predicted octanol–water partition coefficient (Wildman–Crippen LogP) is 2.01. The summed E-state index contributed by atoms with van der Waals surface area (Å²) in [4.78, 5) is 19.1. The number of nitrogens with one attached hydrogen (secondary N) is 2. The number of benzene rings is 1. The summed E-state index contributed by atoms with van der Waals surface area (Å²) in [6.45, 7) is 9.37. The number of anilines is 1. The van der Waals surface area contributed by atoms with Crippen molar-refractivity contribution in [3.8, 4) is 0 Å². The van der Waals surface area contributed by atoms with Crippen LogP contribution < -0.4 is 15.5 Å². The van der Waals surface area contributed by atoms with Crippen molar-refractivity contribution in [3.05, 3.63) is 47.3 Å². The number of ether oxygens (including phenoxy) is 1. The highest BCUT2D eigenvalue weighted by Crippen LogP contribution is 2.21. The Kier molecular flexibility index (Phi) is 7.46. The monoisotopic (exact) mass is 412 g/mol. The van der Waals surface area contributed by atoms with E-state index in [0.29, 0.717) is 32.1 Å². The van der Waals surface area contributed by atoms with Gasteiger partial charge >= 0.3 is 0 Å². The SMILES string of the molecule is CCNC(=NCc1c(C)nn(CCOC)c1C)NC1CC(=O)N(c2ccccc2)C1. The van der Waals surface area contributed by atoms with E-state index in [1.54, 1.807) is 7.11 Å². The number of aliphatic imine (C=N–C) groups is 1. The fraction of sp³-hybridized carbons (Fsp3) is 0.500. The number of nitrogens with zero attached hydrogens (tertiary/aromatic N) is 4. The quantitative estimate of drug-likeness (QED) is 0.512. The van der Waals surface area contributed by atoms with Crippen molar-refractivity contribution < 1.29 is 9.53 Å². The van der Waals surface area contributed by atoms with Gasteiger partial charge < -0.3 is 20.3 Å². The van der Waals surface area contributed by atoms with Gasteiger partial charge in [0.1, 0.15) is 0 Å². The van der Waals surface area contributed by atoms with Gasteiger partial charge in [-0.05, 0) is 32.9 Å². The van der Waals surface area contributed by atoms with Crippen LogP contribution in [0.3, 0.4) is 0 Å². The smallest absolute Gasteiger partial charge is 0.229 e. The van der Waals surface area contributed by atoms with Crippen molar-refractivity contribution in [2.45, 2.75) is 46.3 Å². The fourth-order valence-electron chi connectivity index (χ4n) is 3.69. The van der Waals surface area contributed by atoms with E-state index >= 15 is 0 Å². The Morgan fingerprint density at radius 3 is 2.77 bits per heavy atom. The number of rotatable bonds is 8. The van der Waals surface area contributed by atoms with Crippen molar-refractivity contribution in [2.75, 3.05) is 31.7 Å². The van der Waals surface area contributed by atoms with Gasteiger partial charge in [0.05, 0.1) is 31.4 Å². The lowest BCUT2D eigenvalue weighted by molar-refractivity contribution is -0.117. The van der Waals surface area contributed by atoms with Crippen LogP contribution >= 0.6 is 0 Å². The van der Waals surface area contributed by atoms with Crippen molar-refractivity contribution in [2.24, 2.45) is 4.99 Å². The molecule has 1 aliphatic heterocycles. The lowest BCUT2D eigenvalue weighted by Gasteiger charge is -2.19. The van der Waals surface area contributed by atoms with Gasteiger partial charge in [-0.1, -0.05) is 18.2 Å². The molecule has 30 heavy (non-hydrogen) atoms. The molecule has 0 radical (unpaired) electrons. The summed E-state index contributed by atoms with van der Waals surface area (Å²) in [5.41, 5.74) is 4.14. The highest BCUT2D eigenvalue weighted by atomic mass is 16.5. The van der Waals surface area contributed by atoms with Gasteiger partial charge in [0.2, 0.25) is 5.91 Å². The van der Waals surface area contributed by atoms with Crippen molar-refractivity contribution in [1.82, 2.24) is 20.4 Å². The predicted molar refractivity (Wildman–Crippen MR) is 119 cm³/mol. The van der Waals surface area contributed by atoms with Crippen LogP contribution in [0.4, 0.5) is 5.69 Å². The molecule has 1 saturated heterocycles. The molecule has 2 N–H and O–H groups in total. The van der Waals surface area contributed by atoms with Crippen LogP contribution in [0.2, 0.25) is 0 Å². The second-order valence-electron chi connectivity index (χ2n) is 7.45. The Hall–Kier alpha value is -2.87. The molecule has 0 spiro atoms. The van der Waals surface area contributed by atoms with Crippen molar-refractivity contribution >= 4 is 17.6 Å². The molecular weight excluding hydrogens is 380 g/mol. The molecule has 1 atom stereocenters. The van der Waals surface area contributed by atoms with Crippen LogP contribution in [0.25, 0.3) is 0 Å². The molecule has 1 aromatic carbocycles. The third kappa shape index (κ3) is 5.18. The Bertz CT molecular complexity index is 877. The zero-order valence-electron chi connectivity index (χ0n) is 18.3. The first-order valence-electron chi connectivity index (χ1n) is 10.5. The van der Waals surface area contributed by atoms with E-state index in [9.17, 15) is 4.79 Å². The zero-order chi connectivity index (χ0) is 21.5. The molecule has 0 saturated carbocycles. The minimum Gasteiger partial charge on any atom is -0.383 e. The molecule has 1 aliphatic rings. The Morgan fingerprint density at radius 2 is 2.07 bits per heavy atom. The van der Waals surface area contributed by atoms with Gasteiger partial charge in [-0.15, -0.1) is 0 Å². The number of methoxy groups -OCH3 is 1. The number of para-hydroxylation sites is 1. The van der Waals surface area contributed by atoms with E-state index in [1.807, 2.05) is 53.8 Å². The maximum absolute atomic E-state index is 12.5. The number of carbonyl (C=O) groups excluding carboxylic acids is 1. The van der Waals surface area contributed by atoms with E-state index in [4.69, 9.17) is 9.73 Å². The van der Waals surface area contributed by atoms with E-state index < -0.39 is 0 Å². The highest BCUT2D eigenvalue weighted by molar-refractivity contribution is 5.97. The first-order valence-corrected chi connectivity index (χ1v) is 10.5. The number of hydrogen-bond acceptors (Lipinski definition) is 4. The van der Waals surface area contributed by atoms with Crippen LogP contribution in [0.1, 0.15) is 30.3 Å². The van der Waals surface area contributed by atoms with Crippen LogP contribution in [0, 0.1) is 13.8 Å². The van der Waals surface area contributed by atoms with Crippen molar-refractivity contribution in [1.29, 1.82) is 0 Å². The first-order chi connectivity index (χ1) is 14.5. The summed E-state index contributed by atoms with van der Waals surface area (Å²) in [6.07, 6.45) is 0.451. The maximum atomic E-state index is 12.5. The van der Waals surface area contributed by atoms with Gasteiger partial charge in [0.15, 0.2) is 5.96 Å². The molecule has 2 heterocycles. The number of aryl methyl sites for hydroxylation is 1. The molecule has 8 nitrogen and oxygen atoms in total. The van der Waals surface area contributed by atoms with Crippen molar-refractivity contribution in [3.63, 3.8) is 0 Å². The molecule has 162 valence electrons. The van der Waals surface area contributed by atoms with Gasteiger partial charge in [0.25, 0.3) is 0 Å². The second-order valence-corrected chi connectivity index (χ2v) is 7.45.